The lowest BCUT2D eigenvalue weighted by Gasteiger charge is -2.07. The van der Waals surface area contributed by atoms with Gasteiger partial charge in [0.1, 0.15) is 0 Å². The molecule has 0 aliphatic carbocycles. The molecule has 0 saturated carbocycles. The average molecular weight is 244 g/mol. The first-order valence-electron chi connectivity index (χ1n) is 5.49. The highest BCUT2D eigenvalue weighted by molar-refractivity contribution is 7.99. The second-order valence-electron chi connectivity index (χ2n) is 3.71. The summed E-state index contributed by atoms with van der Waals surface area (Å²) in [6, 6.07) is 0. The molecule has 0 aromatic carbocycles. The maximum atomic E-state index is 8.72. The number of aliphatic hydroxyl groups excluding tert-OH is 1. The minimum absolute atomic E-state index is 0.0987. The first-order valence-corrected chi connectivity index (χ1v) is 6.78. The second-order valence-corrected chi connectivity index (χ2v) is 4.98. The van der Waals surface area contributed by atoms with Gasteiger partial charge in [-0.3, -0.25) is 0 Å². The van der Waals surface area contributed by atoms with Crippen molar-refractivity contribution in [3.8, 4) is 0 Å². The van der Waals surface area contributed by atoms with Crippen LogP contribution in [0.5, 0.6) is 0 Å². The van der Waals surface area contributed by atoms with Crippen LogP contribution in [-0.2, 0) is 13.1 Å². The van der Waals surface area contributed by atoms with Gasteiger partial charge < -0.3 is 10.4 Å². The number of aliphatic hydroxyl groups is 1. The van der Waals surface area contributed by atoms with Crippen LogP contribution in [0, 0.1) is 0 Å². The largest absolute Gasteiger partial charge is 0.394 e. The maximum absolute atomic E-state index is 8.72. The molecule has 0 amide bonds. The molecular formula is C10H20N4OS. The lowest BCUT2D eigenvalue weighted by molar-refractivity contribution is 0.268. The molecule has 0 radical (unpaired) electrons. The van der Waals surface area contributed by atoms with E-state index in [0.29, 0.717) is 11.8 Å². The third-order valence-corrected chi connectivity index (χ3v) is 3.39. The van der Waals surface area contributed by atoms with Gasteiger partial charge in [0, 0.05) is 18.0 Å². The fourth-order valence-electron chi connectivity index (χ4n) is 1.27. The number of nitrogens with zero attached hydrogens (tertiary/aromatic N) is 3. The van der Waals surface area contributed by atoms with Gasteiger partial charge in [-0.1, -0.05) is 12.1 Å². The molecule has 1 heterocycles. The topological polar surface area (TPSA) is 63.0 Å². The molecule has 0 aliphatic heterocycles. The van der Waals surface area contributed by atoms with Gasteiger partial charge >= 0.3 is 0 Å². The molecule has 1 atom stereocenters. The molecule has 16 heavy (non-hydrogen) atoms. The van der Waals surface area contributed by atoms with Crippen LogP contribution in [0.1, 0.15) is 19.0 Å². The summed E-state index contributed by atoms with van der Waals surface area (Å²) < 4.78 is 1.65. The van der Waals surface area contributed by atoms with Crippen molar-refractivity contribution >= 4 is 11.8 Å². The molecule has 1 aromatic rings. The van der Waals surface area contributed by atoms with E-state index in [1.54, 1.807) is 4.68 Å². The van der Waals surface area contributed by atoms with E-state index in [9.17, 15) is 0 Å². The Hall–Kier alpha value is -0.590. The van der Waals surface area contributed by atoms with Gasteiger partial charge in [0.2, 0.25) is 0 Å². The molecule has 1 rings (SSSR count). The minimum atomic E-state index is 0.0987. The lowest BCUT2D eigenvalue weighted by Crippen LogP contribution is -2.17. The number of hydrogen-bond acceptors (Lipinski definition) is 5. The first kappa shape index (κ1) is 13.5. The van der Waals surface area contributed by atoms with E-state index in [4.69, 9.17) is 5.11 Å². The molecule has 0 bridgehead atoms. The molecule has 0 aliphatic rings. The van der Waals surface area contributed by atoms with Gasteiger partial charge in [-0.05, 0) is 19.2 Å². The van der Waals surface area contributed by atoms with Gasteiger partial charge in [0.05, 0.1) is 18.8 Å². The summed E-state index contributed by atoms with van der Waals surface area (Å²) in [7, 11) is 0. The number of nitrogens with one attached hydrogen (secondary N) is 1. The quantitative estimate of drug-likeness (QED) is 0.652. The molecule has 1 unspecified atom stereocenters. The molecule has 2 N–H and O–H groups in total. The van der Waals surface area contributed by atoms with E-state index in [2.05, 4.69) is 28.8 Å². The van der Waals surface area contributed by atoms with Crippen LogP contribution in [0.25, 0.3) is 0 Å². The van der Waals surface area contributed by atoms with Crippen LogP contribution in [0.3, 0.4) is 0 Å². The molecule has 0 spiro atoms. The van der Waals surface area contributed by atoms with E-state index in [1.165, 1.54) is 0 Å². The van der Waals surface area contributed by atoms with Crippen molar-refractivity contribution < 1.29 is 5.11 Å². The van der Waals surface area contributed by atoms with E-state index < -0.39 is 0 Å². The Morgan fingerprint density at radius 1 is 1.62 bits per heavy atom. The van der Waals surface area contributed by atoms with E-state index in [1.807, 2.05) is 18.0 Å². The third kappa shape index (κ3) is 4.96. The minimum Gasteiger partial charge on any atom is -0.394 e. The van der Waals surface area contributed by atoms with Crippen molar-refractivity contribution in [1.82, 2.24) is 20.3 Å². The molecule has 92 valence electrons. The second kappa shape index (κ2) is 7.65. The van der Waals surface area contributed by atoms with Crippen molar-refractivity contribution in [3.05, 3.63) is 11.9 Å². The Balaban J connectivity index is 2.16. The van der Waals surface area contributed by atoms with Gasteiger partial charge in [0.15, 0.2) is 0 Å². The Morgan fingerprint density at radius 3 is 3.12 bits per heavy atom. The zero-order valence-electron chi connectivity index (χ0n) is 9.89. The Morgan fingerprint density at radius 2 is 2.44 bits per heavy atom. The standard InChI is InChI=1S/C10H20N4OS/c1-9(16-2)3-4-11-7-10-8-14(5-6-15)13-12-10/h8-9,11,15H,3-7H2,1-2H3. The highest BCUT2D eigenvalue weighted by Gasteiger charge is 2.01. The summed E-state index contributed by atoms with van der Waals surface area (Å²) in [5, 5.41) is 20.7. The summed E-state index contributed by atoms with van der Waals surface area (Å²) in [6.45, 7) is 4.57. The predicted octanol–water partition coefficient (Wildman–Crippen LogP) is 0.502. The van der Waals surface area contributed by atoms with Crippen molar-refractivity contribution in [2.45, 2.75) is 31.7 Å². The number of hydrogen-bond donors (Lipinski definition) is 2. The smallest absolute Gasteiger partial charge is 0.0964 e. The molecule has 6 heteroatoms. The SMILES string of the molecule is CSC(C)CCNCc1cn(CCO)nn1. The van der Waals surface area contributed by atoms with Gasteiger partial charge in [0.25, 0.3) is 0 Å². The molecule has 1 aromatic heterocycles. The third-order valence-electron chi connectivity index (χ3n) is 2.35. The van der Waals surface area contributed by atoms with Crippen molar-refractivity contribution in [2.24, 2.45) is 0 Å². The van der Waals surface area contributed by atoms with E-state index in [-0.39, 0.29) is 6.61 Å². The summed E-state index contributed by atoms with van der Waals surface area (Å²) in [6.07, 6.45) is 5.15. The van der Waals surface area contributed by atoms with Crippen LogP contribution in [0.2, 0.25) is 0 Å². The fourth-order valence-corrected chi connectivity index (χ4v) is 1.62. The monoisotopic (exact) mass is 244 g/mol. The average Bonchev–Trinajstić information content (AvgIpc) is 2.72. The van der Waals surface area contributed by atoms with E-state index in [0.717, 1.165) is 25.2 Å². The molecule has 0 fully saturated rings. The summed E-state index contributed by atoms with van der Waals surface area (Å²) in [5.41, 5.74) is 0.922. The molecule has 5 nitrogen and oxygen atoms in total. The summed E-state index contributed by atoms with van der Waals surface area (Å²) >= 11 is 1.88. The Bertz CT molecular complexity index is 292. The highest BCUT2D eigenvalue weighted by Crippen LogP contribution is 2.07. The Labute approximate surface area is 101 Å². The highest BCUT2D eigenvalue weighted by atomic mass is 32.2. The number of aromatic nitrogens is 3. The van der Waals surface area contributed by atoms with Crippen LogP contribution in [0.15, 0.2) is 6.20 Å². The molecular weight excluding hydrogens is 224 g/mol. The summed E-state index contributed by atoms with van der Waals surface area (Å²) in [4.78, 5) is 0. The zero-order valence-corrected chi connectivity index (χ0v) is 10.7. The zero-order chi connectivity index (χ0) is 11.8. The Kier molecular flexibility index (Phi) is 6.44. The van der Waals surface area contributed by atoms with Crippen molar-refractivity contribution in [1.29, 1.82) is 0 Å². The van der Waals surface area contributed by atoms with Crippen LogP contribution in [-0.4, -0.2) is 44.8 Å². The maximum Gasteiger partial charge on any atom is 0.0964 e. The predicted molar refractivity (Wildman–Crippen MR) is 66.4 cm³/mol. The molecule has 0 saturated heterocycles. The van der Waals surface area contributed by atoms with Gasteiger partial charge in [-0.2, -0.15) is 11.8 Å². The lowest BCUT2D eigenvalue weighted by atomic mass is 10.3. The van der Waals surface area contributed by atoms with Crippen LogP contribution >= 0.6 is 11.8 Å². The van der Waals surface area contributed by atoms with E-state index >= 15 is 0 Å². The summed E-state index contributed by atoms with van der Waals surface area (Å²) in [5.74, 6) is 0. The van der Waals surface area contributed by atoms with Gasteiger partial charge in [-0.25, -0.2) is 4.68 Å². The normalized spacial score (nSPS) is 12.9. The number of rotatable bonds is 8. The van der Waals surface area contributed by atoms with Crippen molar-refractivity contribution in [2.75, 3.05) is 19.4 Å². The van der Waals surface area contributed by atoms with Crippen LogP contribution in [0.4, 0.5) is 0 Å². The first-order chi connectivity index (χ1) is 7.76. The van der Waals surface area contributed by atoms with Crippen LogP contribution < -0.4 is 5.32 Å². The van der Waals surface area contributed by atoms with Gasteiger partial charge in [-0.15, -0.1) is 5.10 Å². The number of thioether (sulfide) groups is 1. The fraction of sp³-hybridized carbons (Fsp3) is 0.800. The van der Waals surface area contributed by atoms with Crippen molar-refractivity contribution in [3.63, 3.8) is 0 Å².